The van der Waals surface area contributed by atoms with Crippen molar-refractivity contribution in [3.05, 3.63) is 54.0 Å². The molecule has 0 saturated carbocycles. The highest BCUT2D eigenvalue weighted by atomic mass is 32.2. The lowest BCUT2D eigenvalue weighted by Gasteiger charge is -2.20. The first-order valence-corrected chi connectivity index (χ1v) is 10.4. The molecule has 1 aromatic carbocycles. The molecule has 0 bridgehead atoms. The van der Waals surface area contributed by atoms with Crippen molar-refractivity contribution in [1.82, 2.24) is 14.9 Å². The normalized spacial score (nSPS) is 12.8. The van der Waals surface area contributed by atoms with Gasteiger partial charge in [-0.1, -0.05) is 26.0 Å². The lowest BCUT2D eigenvalue weighted by Crippen LogP contribution is -2.36. The number of thiocarbonyl (C=S) groups is 1. The number of sulfonamides is 1. The minimum Gasteiger partial charge on any atom is -0.467 e. The Balaban J connectivity index is 1.97. The fraction of sp³-hybridized carbons (Fsp3) is 0.389. The van der Waals surface area contributed by atoms with Crippen molar-refractivity contribution in [2.45, 2.75) is 38.3 Å². The molecule has 26 heavy (non-hydrogen) atoms. The molecule has 2 N–H and O–H groups in total. The molecule has 0 aliphatic rings. The molecule has 0 aliphatic heterocycles. The highest BCUT2D eigenvalue weighted by Gasteiger charge is 2.21. The lowest BCUT2D eigenvalue weighted by atomic mass is 10.1. The summed E-state index contributed by atoms with van der Waals surface area (Å²) in [6, 6.07) is 10.5. The van der Waals surface area contributed by atoms with Crippen LogP contribution in [0.5, 0.6) is 0 Å². The predicted octanol–water partition coefficient (Wildman–Crippen LogP) is 3.04. The van der Waals surface area contributed by atoms with E-state index in [9.17, 15) is 8.42 Å². The summed E-state index contributed by atoms with van der Waals surface area (Å²) in [6.07, 6.45) is 1.62. The second kappa shape index (κ2) is 9.16. The van der Waals surface area contributed by atoms with Crippen molar-refractivity contribution in [2.24, 2.45) is 0 Å². The zero-order valence-corrected chi connectivity index (χ0v) is 16.9. The van der Waals surface area contributed by atoms with Crippen molar-refractivity contribution < 1.29 is 12.8 Å². The molecule has 0 unspecified atom stereocenters. The van der Waals surface area contributed by atoms with E-state index in [0.717, 1.165) is 11.3 Å². The lowest BCUT2D eigenvalue weighted by molar-refractivity contribution is 0.445. The number of hydrogen-bond acceptors (Lipinski definition) is 4. The van der Waals surface area contributed by atoms with Crippen LogP contribution in [0.1, 0.15) is 38.1 Å². The van der Waals surface area contributed by atoms with E-state index in [1.165, 1.54) is 4.31 Å². The largest absolute Gasteiger partial charge is 0.467 e. The molecule has 2 aromatic rings. The average Bonchev–Trinajstić information content (AvgIpc) is 3.14. The predicted molar refractivity (Wildman–Crippen MR) is 106 cm³/mol. The molecule has 0 saturated heterocycles. The fourth-order valence-corrected chi connectivity index (χ4v) is 4.26. The Bertz CT molecular complexity index is 799. The van der Waals surface area contributed by atoms with Crippen LogP contribution < -0.4 is 10.6 Å². The van der Waals surface area contributed by atoms with E-state index < -0.39 is 10.0 Å². The maximum atomic E-state index is 12.5. The minimum absolute atomic E-state index is 0.0585. The fourth-order valence-electron chi connectivity index (χ4n) is 2.55. The van der Waals surface area contributed by atoms with Gasteiger partial charge in [-0.25, -0.2) is 8.42 Å². The second-order valence-corrected chi connectivity index (χ2v) is 8.13. The van der Waals surface area contributed by atoms with E-state index in [4.69, 9.17) is 16.6 Å². The molecule has 2 rings (SSSR count). The highest BCUT2D eigenvalue weighted by molar-refractivity contribution is 7.89. The third-order valence-electron chi connectivity index (χ3n) is 4.07. The van der Waals surface area contributed by atoms with Crippen molar-refractivity contribution in [2.75, 3.05) is 13.1 Å². The standard InChI is InChI=1S/C18H25N3O3S2/c1-4-21(5-2)26(22,23)17-10-8-15(9-11-17)14(3)20-18(25)19-13-16-7-6-12-24-16/h6-12,14H,4-5,13H2,1-3H3,(H2,19,20,25)/t14-/m1/s1. The van der Waals surface area contributed by atoms with Gasteiger partial charge in [0, 0.05) is 13.1 Å². The number of hydrogen-bond donors (Lipinski definition) is 2. The van der Waals surface area contributed by atoms with Crippen molar-refractivity contribution in [1.29, 1.82) is 0 Å². The summed E-state index contributed by atoms with van der Waals surface area (Å²) in [7, 11) is -3.44. The van der Waals surface area contributed by atoms with Gasteiger partial charge >= 0.3 is 0 Å². The molecule has 0 spiro atoms. The Morgan fingerprint density at radius 1 is 1.19 bits per heavy atom. The van der Waals surface area contributed by atoms with Gasteiger partial charge in [-0.2, -0.15) is 4.31 Å². The third-order valence-corrected chi connectivity index (χ3v) is 6.40. The summed E-state index contributed by atoms with van der Waals surface area (Å²) in [5, 5.41) is 6.76. The molecule has 6 nitrogen and oxygen atoms in total. The van der Waals surface area contributed by atoms with Gasteiger partial charge < -0.3 is 15.1 Å². The SMILES string of the molecule is CCN(CC)S(=O)(=O)c1ccc([C@@H](C)NC(=S)NCc2ccco2)cc1. The molecule has 0 fully saturated rings. The third kappa shape index (κ3) is 5.06. The van der Waals surface area contributed by atoms with Crippen LogP contribution in [0.2, 0.25) is 0 Å². The van der Waals surface area contributed by atoms with E-state index in [1.807, 2.05) is 45.0 Å². The molecule has 0 aliphatic carbocycles. The zero-order chi connectivity index (χ0) is 19.2. The smallest absolute Gasteiger partial charge is 0.243 e. The second-order valence-electron chi connectivity index (χ2n) is 5.79. The quantitative estimate of drug-likeness (QED) is 0.669. The Morgan fingerprint density at radius 2 is 1.85 bits per heavy atom. The molecule has 1 aromatic heterocycles. The van der Waals surface area contributed by atoms with Crippen LogP contribution in [0.4, 0.5) is 0 Å². The topological polar surface area (TPSA) is 74.6 Å². The molecular formula is C18H25N3O3S2. The first kappa shape index (κ1) is 20.4. The van der Waals surface area contributed by atoms with E-state index in [2.05, 4.69) is 10.6 Å². The van der Waals surface area contributed by atoms with E-state index in [0.29, 0.717) is 29.6 Å². The maximum absolute atomic E-state index is 12.5. The Morgan fingerprint density at radius 3 is 2.38 bits per heavy atom. The summed E-state index contributed by atoms with van der Waals surface area (Å²) in [5.74, 6) is 0.799. The van der Waals surface area contributed by atoms with Crippen LogP contribution >= 0.6 is 12.2 Å². The summed E-state index contributed by atoms with van der Waals surface area (Å²) in [6.45, 7) is 7.04. The van der Waals surface area contributed by atoms with E-state index in [1.54, 1.807) is 18.4 Å². The van der Waals surface area contributed by atoms with E-state index >= 15 is 0 Å². The molecule has 1 heterocycles. The van der Waals surface area contributed by atoms with Gasteiger partial charge in [0.15, 0.2) is 5.11 Å². The van der Waals surface area contributed by atoms with Crippen LogP contribution in [0.25, 0.3) is 0 Å². The molecule has 142 valence electrons. The Kier molecular flexibility index (Phi) is 7.19. The molecule has 8 heteroatoms. The van der Waals surface area contributed by atoms with Crippen molar-refractivity contribution >= 4 is 27.4 Å². The van der Waals surface area contributed by atoms with Gasteiger partial charge in [-0.15, -0.1) is 0 Å². The zero-order valence-electron chi connectivity index (χ0n) is 15.2. The number of nitrogens with zero attached hydrogens (tertiary/aromatic N) is 1. The van der Waals surface area contributed by atoms with Gasteiger partial charge in [0.25, 0.3) is 0 Å². The summed E-state index contributed by atoms with van der Waals surface area (Å²) < 4.78 is 31.7. The first-order valence-electron chi connectivity index (χ1n) is 8.55. The Hall–Kier alpha value is -1.90. The van der Waals surface area contributed by atoms with Crippen molar-refractivity contribution in [3.63, 3.8) is 0 Å². The van der Waals surface area contributed by atoms with Crippen LogP contribution in [0.3, 0.4) is 0 Å². The summed E-state index contributed by atoms with van der Waals surface area (Å²) in [4.78, 5) is 0.302. The van der Waals surface area contributed by atoms with Crippen LogP contribution in [-0.4, -0.2) is 30.9 Å². The highest BCUT2D eigenvalue weighted by Crippen LogP contribution is 2.19. The van der Waals surface area contributed by atoms with Crippen molar-refractivity contribution in [3.8, 4) is 0 Å². The number of rotatable bonds is 8. The minimum atomic E-state index is -3.44. The number of nitrogens with one attached hydrogen (secondary N) is 2. The molecule has 0 amide bonds. The van der Waals surface area contributed by atoms with Gasteiger partial charge in [0.2, 0.25) is 10.0 Å². The molecular weight excluding hydrogens is 370 g/mol. The van der Waals surface area contributed by atoms with Crippen LogP contribution in [-0.2, 0) is 16.6 Å². The molecule has 0 radical (unpaired) electrons. The first-order chi connectivity index (χ1) is 12.4. The van der Waals surface area contributed by atoms with Crippen LogP contribution in [0.15, 0.2) is 52.0 Å². The van der Waals surface area contributed by atoms with Gasteiger partial charge in [-0.3, -0.25) is 0 Å². The van der Waals surface area contributed by atoms with Gasteiger partial charge in [0.1, 0.15) is 5.76 Å². The summed E-state index contributed by atoms with van der Waals surface area (Å²) >= 11 is 5.29. The monoisotopic (exact) mass is 395 g/mol. The number of furan rings is 1. The maximum Gasteiger partial charge on any atom is 0.243 e. The molecule has 1 atom stereocenters. The average molecular weight is 396 g/mol. The summed E-state index contributed by atoms with van der Waals surface area (Å²) in [5.41, 5.74) is 0.950. The van der Waals surface area contributed by atoms with Gasteiger partial charge in [-0.05, 0) is 49.0 Å². The number of benzene rings is 1. The Labute approximate surface area is 160 Å². The van der Waals surface area contributed by atoms with Crippen LogP contribution in [0, 0.1) is 0 Å². The van der Waals surface area contributed by atoms with E-state index in [-0.39, 0.29) is 6.04 Å². The van der Waals surface area contributed by atoms with Gasteiger partial charge in [0.05, 0.1) is 23.7 Å².